The number of rotatable bonds is 9. The zero-order valence-corrected chi connectivity index (χ0v) is 18.9. The molecule has 0 unspecified atom stereocenters. The number of pyridine rings is 2. The van der Waals surface area contributed by atoms with Gasteiger partial charge in [-0.05, 0) is 11.1 Å². The van der Waals surface area contributed by atoms with E-state index in [1.165, 1.54) is 12.4 Å². The van der Waals surface area contributed by atoms with Gasteiger partial charge in [0.05, 0.1) is 30.9 Å². The van der Waals surface area contributed by atoms with Crippen molar-refractivity contribution in [3.05, 3.63) is 119 Å². The van der Waals surface area contributed by atoms with E-state index in [-0.39, 0.29) is 36.1 Å². The number of benzene rings is 2. The van der Waals surface area contributed by atoms with E-state index in [2.05, 4.69) is 9.97 Å². The predicted octanol–water partition coefficient (Wildman–Crippen LogP) is 5.22. The van der Waals surface area contributed by atoms with Crippen LogP contribution < -0.4 is 9.47 Å². The van der Waals surface area contributed by atoms with Crippen molar-refractivity contribution in [1.29, 1.82) is 0 Å². The average molecular weight is 476 g/mol. The predicted molar refractivity (Wildman–Crippen MR) is 124 cm³/mol. The molecule has 0 fully saturated rings. The van der Waals surface area contributed by atoms with Crippen molar-refractivity contribution in [1.82, 2.24) is 9.97 Å². The second-order valence-corrected chi connectivity index (χ2v) is 7.58. The molecule has 0 amide bonds. The van der Waals surface area contributed by atoms with Gasteiger partial charge in [-0.15, -0.1) is 0 Å². The lowest BCUT2D eigenvalue weighted by Crippen LogP contribution is -2.21. The van der Waals surface area contributed by atoms with Gasteiger partial charge in [-0.3, -0.25) is 14.8 Å². The second-order valence-electron chi connectivity index (χ2n) is 7.58. The quantitative estimate of drug-likeness (QED) is 0.309. The van der Waals surface area contributed by atoms with Crippen LogP contribution in [0.4, 0.5) is 8.78 Å². The van der Waals surface area contributed by atoms with Crippen LogP contribution in [-0.2, 0) is 22.7 Å². The first-order chi connectivity index (χ1) is 17.0. The molecule has 4 rings (SSSR count). The van der Waals surface area contributed by atoms with Crippen LogP contribution in [0.5, 0.6) is 11.5 Å². The Morgan fingerprint density at radius 3 is 1.57 bits per heavy atom. The minimum atomic E-state index is -1.51. The average Bonchev–Trinajstić information content (AvgIpc) is 2.89. The first-order valence-electron chi connectivity index (χ1n) is 10.8. The van der Waals surface area contributed by atoms with Gasteiger partial charge >= 0.3 is 5.97 Å². The van der Waals surface area contributed by atoms with Gasteiger partial charge in [-0.2, -0.15) is 0 Å². The number of nitrogens with zero attached hydrogens (tertiary/aromatic N) is 2. The van der Waals surface area contributed by atoms with E-state index in [9.17, 15) is 4.79 Å². The third-order valence-electron chi connectivity index (χ3n) is 5.17. The molecule has 0 radical (unpaired) electrons. The Balaban J connectivity index is 1.54. The van der Waals surface area contributed by atoms with Gasteiger partial charge in [-0.25, -0.2) is 8.78 Å². The Hall–Kier alpha value is -4.33. The summed E-state index contributed by atoms with van der Waals surface area (Å²) in [6.45, 7) is 0.421. The molecule has 2 aromatic carbocycles. The molecule has 0 bridgehead atoms. The molecule has 0 spiro atoms. The first kappa shape index (κ1) is 23.8. The summed E-state index contributed by atoms with van der Waals surface area (Å²) in [4.78, 5) is 20.6. The van der Waals surface area contributed by atoms with Crippen molar-refractivity contribution in [3.8, 4) is 11.5 Å². The lowest BCUT2D eigenvalue weighted by Gasteiger charge is -2.16. The summed E-state index contributed by atoms with van der Waals surface area (Å²) >= 11 is 0. The van der Waals surface area contributed by atoms with E-state index in [4.69, 9.17) is 14.2 Å². The van der Waals surface area contributed by atoms with E-state index in [0.29, 0.717) is 0 Å². The van der Waals surface area contributed by atoms with E-state index in [0.717, 1.165) is 30.4 Å². The SMILES string of the molecule is COC(=O)C(c1ncc(OCc2ccccc2)cc1F)c1ncc(OCc2ccccc2)cc1F. The molecule has 0 saturated carbocycles. The highest BCUT2D eigenvalue weighted by Crippen LogP contribution is 2.30. The van der Waals surface area contributed by atoms with E-state index >= 15 is 8.78 Å². The Bertz CT molecular complexity index is 1190. The standard InChI is InChI=1S/C27H22F2N2O4/c1-33-27(32)24(25-22(28)12-20(14-30-25)34-16-18-8-4-2-5-9-18)26-23(29)13-21(15-31-26)35-17-19-10-6-3-7-11-19/h2-15,24H,16-17H2,1H3. The molecule has 4 aromatic rings. The van der Waals surface area contributed by atoms with Crippen LogP contribution in [0.15, 0.2) is 85.2 Å². The monoisotopic (exact) mass is 476 g/mol. The number of carbonyl (C=O) groups excluding carboxylic acids is 1. The Morgan fingerprint density at radius 2 is 1.20 bits per heavy atom. The van der Waals surface area contributed by atoms with Gasteiger partial charge < -0.3 is 14.2 Å². The van der Waals surface area contributed by atoms with Crippen molar-refractivity contribution in [2.45, 2.75) is 19.1 Å². The summed E-state index contributed by atoms with van der Waals surface area (Å²) in [6.07, 6.45) is 2.54. The maximum Gasteiger partial charge on any atom is 0.321 e. The summed E-state index contributed by atoms with van der Waals surface area (Å²) in [5, 5.41) is 0. The first-order valence-corrected chi connectivity index (χ1v) is 10.8. The summed E-state index contributed by atoms with van der Waals surface area (Å²) in [5.74, 6) is -3.79. The summed E-state index contributed by atoms with van der Waals surface area (Å²) in [7, 11) is 1.12. The largest absolute Gasteiger partial charge is 0.487 e. The van der Waals surface area contributed by atoms with Crippen LogP contribution >= 0.6 is 0 Å². The van der Waals surface area contributed by atoms with Crippen LogP contribution in [0.3, 0.4) is 0 Å². The number of halogens is 2. The third-order valence-corrected chi connectivity index (χ3v) is 5.17. The lowest BCUT2D eigenvalue weighted by atomic mass is 9.99. The molecule has 2 heterocycles. The number of ether oxygens (including phenoxy) is 3. The highest BCUT2D eigenvalue weighted by molar-refractivity contribution is 5.81. The molecule has 2 aromatic heterocycles. The molecule has 8 heteroatoms. The molecular formula is C27H22F2N2O4. The topological polar surface area (TPSA) is 70.5 Å². The molecule has 0 atom stereocenters. The maximum atomic E-state index is 15.0. The minimum absolute atomic E-state index is 0.164. The fourth-order valence-electron chi connectivity index (χ4n) is 3.40. The molecule has 0 saturated heterocycles. The zero-order chi connectivity index (χ0) is 24.6. The highest BCUT2D eigenvalue weighted by atomic mass is 19.1. The molecule has 0 aliphatic heterocycles. The molecule has 0 N–H and O–H groups in total. The van der Waals surface area contributed by atoms with Gasteiger partial charge in [0.1, 0.15) is 42.3 Å². The van der Waals surface area contributed by atoms with Crippen molar-refractivity contribution in [2.75, 3.05) is 7.11 Å². The Kier molecular flexibility index (Phi) is 7.62. The lowest BCUT2D eigenvalue weighted by molar-refractivity contribution is -0.141. The molecular weight excluding hydrogens is 454 g/mol. The van der Waals surface area contributed by atoms with Gasteiger partial charge in [0.2, 0.25) is 0 Å². The smallest absolute Gasteiger partial charge is 0.321 e. The van der Waals surface area contributed by atoms with Crippen LogP contribution in [0.2, 0.25) is 0 Å². The van der Waals surface area contributed by atoms with Crippen LogP contribution in [0, 0.1) is 11.6 Å². The normalized spacial score (nSPS) is 10.7. The number of hydrogen-bond acceptors (Lipinski definition) is 6. The number of aromatic nitrogens is 2. The Labute approximate surface area is 201 Å². The number of methoxy groups -OCH3 is 1. The fraction of sp³-hybridized carbons (Fsp3) is 0.148. The van der Waals surface area contributed by atoms with Crippen molar-refractivity contribution in [3.63, 3.8) is 0 Å². The zero-order valence-electron chi connectivity index (χ0n) is 18.9. The number of esters is 1. The van der Waals surface area contributed by atoms with Gasteiger partial charge in [-0.1, -0.05) is 60.7 Å². The van der Waals surface area contributed by atoms with Gasteiger partial charge in [0.15, 0.2) is 0 Å². The van der Waals surface area contributed by atoms with Crippen molar-refractivity contribution >= 4 is 5.97 Å². The van der Waals surface area contributed by atoms with Crippen LogP contribution in [-0.4, -0.2) is 23.0 Å². The summed E-state index contributed by atoms with van der Waals surface area (Å²) in [5.41, 5.74) is 1.14. The second kappa shape index (κ2) is 11.2. The minimum Gasteiger partial charge on any atom is -0.487 e. The van der Waals surface area contributed by atoms with Crippen LogP contribution in [0.1, 0.15) is 28.4 Å². The van der Waals surface area contributed by atoms with Crippen molar-refractivity contribution in [2.24, 2.45) is 0 Å². The fourth-order valence-corrected chi connectivity index (χ4v) is 3.40. The number of hydrogen-bond donors (Lipinski definition) is 0. The van der Waals surface area contributed by atoms with Gasteiger partial charge in [0.25, 0.3) is 0 Å². The molecule has 0 aliphatic carbocycles. The molecule has 35 heavy (non-hydrogen) atoms. The van der Waals surface area contributed by atoms with E-state index in [1.54, 1.807) is 0 Å². The molecule has 178 valence electrons. The van der Waals surface area contributed by atoms with Gasteiger partial charge in [0, 0.05) is 12.1 Å². The van der Waals surface area contributed by atoms with E-state index < -0.39 is 23.5 Å². The molecule has 6 nitrogen and oxygen atoms in total. The Morgan fingerprint density at radius 1 is 0.771 bits per heavy atom. The highest BCUT2D eigenvalue weighted by Gasteiger charge is 2.32. The maximum absolute atomic E-state index is 15.0. The summed E-state index contributed by atoms with van der Waals surface area (Å²) < 4.78 is 45.9. The van der Waals surface area contributed by atoms with E-state index in [1.807, 2.05) is 60.7 Å². The van der Waals surface area contributed by atoms with Crippen molar-refractivity contribution < 1.29 is 27.8 Å². The third kappa shape index (κ3) is 5.97. The number of carbonyl (C=O) groups is 1. The van der Waals surface area contributed by atoms with Crippen LogP contribution in [0.25, 0.3) is 0 Å². The molecule has 0 aliphatic rings. The summed E-state index contributed by atoms with van der Waals surface area (Å²) in [6, 6.07) is 20.9.